The van der Waals surface area contributed by atoms with Crippen LogP contribution in [-0.2, 0) is 4.79 Å². The molecule has 0 saturated carbocycles. The van der Waals surface area contributed by atoms with Gasteiger partial charge in [-0.25, -0.2) is 0 Å². The second-order valence-corrected chi connectivity index (χ2v) is 6.42. The van der Waals surface area contributed by atoms with E-state index in [1.54, 1.807) is 0 Å². The second-order valence-electron chi connectivity index (χ2n) is 6.42. The molecule has 0 spiro atoms. The zero-order valence-corrected chi connectivity index (χ0v) is 12.7. The Morgan fingerprint density at radius 1 is 1.28 bits per heavy atom. The number of amides is 1. The smallest absolute Gasteiger partial charge is 0.227 e. The Kier molecular flexibility index (Phi) is 5.64. The molecule has 1 atom stereocenters. The van der Waals surface area contributed by atoms with Gasteiger partial charge in [0, 0.05) is 13.1 Å². The van der Waals surface area contributed by atoms with Crippen LogP contribution < -0.4 is 10.6 Å². The summed E-state index contributed by atoms with van der Waals surface area (Å²) in [6.07, 6.45) is 1.91. The normalized spacial score (nSPS) is 24.2. The summed E-state index contributed by atoms with van der Waals surface area (Å²) in [5, 5.41) is 6.52. The van der Waals surface area contributed by atoms with E-state index >= 15 is 0 Å². The maximum Gasteiger partial charge on any atom is 0.227 e. The minimum Gasteiger partial charge on any atom is -0.355 e. The largest absolute Gasteiger partial charge is 0.355 e. The average Bonchev–Trinajstić information content (AvgIpc) is 2.77. The number of carbonyl (C=O) groups excluding carboxylic acids is 1. The highest BCUT2D eigenvalue weighted by Crippen LogP contribution is 2.30. The van der Waals surface area contributed by atoms with Crippen molar-refractivity contribution >= 4 is 5.91 Å². The Morgan fingerprint density at radius 2 is 1.89 bits per heavy atom. The van der Waals surface area contributed by atoms with Gasteiger partial charge in [0.25, 0.3) is 0 Å². The lowest BCUT2D eigenvalue weighted by Gasteiger charge is -2.29. The van der Waals surface area contributed by atoms with E-state index in [0.29, 0.717) is 17.8 Å². The minimum atomic E-state index is -0.154. The van der Waals surface area contributed by atoms with Crippen molar-refractivity contribution in [1.29, 1.82) is 0 Å². The van der Waals surface area contributed by atoms with Gasteiger partial charge < -0.3 is 10.6 Å². The third-order valence-corrected chi connectivity index (χ3v) is 4.61. The van der Waals surface area contributed by atoms with Crippen molar-refractivity contribution in [1.82, 2.24) is 10.6 Å². The van der Waals surface area contributed by atoms with Crippen molar-refractivity contribution in [3.05, 3.63) is 0 Å². The Hall–Kier alpha value is -0.570. The first-order valence-electron chi connectivity index (χ1n) is 7.42. The Bertz CT molecular complexity index is 260. The van der Waals surface area contributed by atoms with Crippen LogP contribution in [-0.4, -0.2) is 25.5 Å². The summed E-state index contributed by atoms with van der Waals surface area (Å²) in [7, 11) is 0. The first-order valence-corrected chi connectivity index (χ1v) is 7.42. The van der Waals surface area contributed by atoms with Crippen LogP contribution in [0, 0.1) is 23.2 Å². The van der Waals surface area contributed by atoms with Gasteiger partial charge in [-0.05, 0) is 37.1 Å². The molecule has 2 N–H and O–H groups in total. The van der Waals surface area contributed by atoms with Crippen LogP contribution in [0.4, 0.5) is 0 Å². The fraction of sp³-hybridized carbons (Fsp3) is 0.933. The summed E-state index contributed by atoms with van der Waals surface area (Å²) in [5.41, 5.74) is -0.154. The highest BCUT2D eigenvalue weighted by molar-refractivity contribution is 5.83. The lowest BCUT2D eigenvalue weighted by atomic mass is 9.82. The van der Waals surface area contributed by atoms with Gasteiger partial charge in [-0.1, -0.05) is 34.6 Å². The Morgan fingerprint density at radius 3 is 2.28 bits per heavy atom. The molecule has 1 rings (SSSR count). The van der Waals surface area contributed by atoms with Gasteiger partial charge in [0.05, 0.1) is 5.41 Å². The van der Waals surface area contributed by atoms with E-state index in [2.05, 4.69) is 45.3 Å². The van der Waals surface area contributed by atoms with Crippen LogP contribution in [0.15, 0.2) is 0 Å². The van der Waals surface area contributed by atoms with E-state index in [1.165, 1.54) is 0 Å². The summed E-state index contributed by atoms with van der Waals surface area (Å²) in [6.45, 7) is 13.7. The van der Waals surface area contributed by atoms with Gasteiger partial charge in [0.1, 0.15) is 0 Å². The van der Waals surface area contributed by atoms with E-state index in [4.69, 9.17) is 0 Å². The summed E-state index contributed by atoms with van der Waals surface area (Å²) < 4.78 is 0. The molecule has 0 aromatic rings. The molecule has 106 valence electrons. The maximum absolute atomic E-state index is 12.4. The molecule has 1 amide bonds. The van der Waals surface area contributed by atoms with Crippen LogP contribution in [0.5, 0.6) is 0 Å². The molecule has 0 aliphatic carbocycles. The molecular weight excluding hydrogens is 224 g/mol. The third-order valence-electron chi connectivity index (χ3n) is 4.61. The molecule has 1 aliphatic rings. The molecule has 0 aromatic heterocycles. The number of hydrogen-bond donors (Lipinski definition) is 2. The van der Waals surface area contributed by atoms with Crippen molar-refractivity contribution in [2.24, 2.45) is 23.2 Å². The predicted octanol–water partition coefficient (Wildman–Crippen LogP) is 2.42. The minimum absolute atomic E-state index is 0.154. The predicted molar refractivity (Wildman–Crippen MR) is 76.4 cm³/mol. The molecule has 1 fully saturated rings. The fourth-order valence-corrected chi connectivity index (χ4v) is 3.04. The lowest BCUT2D eigenvalue weighted by Crippen LogP contribution is -2.45. The molecule has 18 heavy (non-hydrogen) atoms. The SMILES string of the molecule is CCC1(C(=O)NCC(C(C)C)C(C)C)CCNC1. The molecule has 3 heteroatoms. The van der Waals surface area contributed by atoms with Crippen molar-refractivity contribution in [3.63, 3.8) is 0 Å². The van der Waals surface area contributed by atoms with Gasteiger partial charge in [0.2, 0.25) is 5.91 Å². The van der Waals surface area contributed by atoms with Crippen molar-refractivity contribution in [3.8, 4) is 0 Å². The molecule has 0 aromatic carbocycles. The number of rotatable bonds is 6. The zero-order valence-electron chi connectivity index (χ0n) is 12.7. The first-order chi connectivity index (χ1) is 8.43. The third kappa shape index (κ3) is 3.47. The molecule has 1 saturated heterocycles. The quantitative estimate of drug-likeness (QED) is 0.764. The van der Waals surface area contributed by atoms with Crippen LogP contribution in [0.1, 0.15) is 47.5 Å². The molecular formula is C15H30N2O. The van der Waals surface area contributed by atoms with E-state index in [1.807, 2.05) is 0 Å². The summed E-state index contributed by atoms with van der Waals surface area (Å²) in [5.74, 6) is 2.05. The Balaban J connectivity index is 2.54. The maximum atomic E-state index is 12.4. The van der Waals surface area contributed by atoms with Crippen LogP contribution >= 0.6 is 0 Å². The van der Waals surface area contributed by atoms with Gasteiger partial charge in [-0.3, -0.25) is 4.79 Å². The Labute approximate surface area is 112 Å². The number of hydrogen-bond acceptors (Lipinski definition) is 2. The van der Waals surface area contributed by atoms with E-state index < -0.39 is 0 Å². The lowest BCUT2D eigenvalue weighted by molar-refractivity contribution is -0.130. The zero-order chi connectivity index (χ0) is 13.8. The molecule has 1 heterocycles. The van der Waals surface area contributed by atoms with Crippen LogP contribution in [0.3, 0.4) is 0 Å². The molecule has 1 aliphatic heterocycles. The summed E-state index contributed by atoms with van der Waals surface area (Å²) in [4.78, 5) is 12.4. The molecule has 0 radical (unpaired) electrons. The average molecular weight is 254 g/mol. The standard InChI is InChI=1S/C15H30N2O/c1-6-15(7-8-16-10-15)14(18)17-9-13(11(2)3)12(4)5/h11-13,16H,6-10H2,1-5H3,(H,17,18). The van der Waals surface area contributed by atoms with Gasteiger partial charge in [0.15, 0.2) is 0 Å². The second kappa shape index (κ2) is 6.55. The van der Waals surface area contributed by atoms with Crippen molar-refractivity contribution in [2.45, 2.75) is 47.5 Å². The first kappa shape index (κ1) is 15.5. The van der Waals surface area contributed by atoms with Crippen LogP contribution in [0.2, 0.25) is 0 Å². The fourth-order valence-electron chi connectivity index (χ4n) is 3.04. The topological polar surface area (TPSA) is 41.1 Å². The summed E-state index contributed by atoms with van der Waals surface area (Å²) in [6, 6.07) is 0. The summed E-state index contributed by atoms with van der Waals surface area (Å²) >= 11 is 0. The molecule has 3 nitrogen and oxygen atoms in total. The van der Waals surface area contributed by atoms with E-state index in [9.17, 15) is 4.79 Å². The monoisotopic (exact) mass is 254 g/mol. The van der Waals surface area contributed by atoms with E-state index in [0.717, 1.165) is 32.5 Å². The van der Waals surface area contributed by atoms with Crippen molar-refractivity contribution in [2.75, 3.05) is 19.6 Å². The van der Waals surface area contributed by atoms with Crippen molar-refractivity contribution < 1.29 is 4.79 Å². The number of carbonyl (C=O) groups is 1. The van der Waals surface area contributed by atoms with Gasteiger partial charge >= 0.3 is 0 Å². The molecule has 1 unspecified atom stereocenters. The number of nitrogens with one attached hydrogen (secondary N) is 2. The molecule has 0 bridgehead atoms. The van der Waals surface area contributed by atoms with E-state index in [-0.39, 0.29) is 11.3 Å². The van der Waals surface area contributed by atoms with Gasteiger partial charge in [-0.15, -0.1) is 0 Å². The highest BCUT2D eigenvalue weighted by atomic mass is 16.2. The highest BCUT2D eigenvalue weighted by Gasteiger charge is 2.39. The van der Waals surface area contributed by atoms with Crippen LogP contribution in [0.25, 0.3) is 0 Å². The van der Waals surface area contributed by atoms with Gasteiger partial charge in [-0.2, -0.15) is 0 Å².